The molecule has 0 aliphatic carbocycles. The molecule has 0 radical (unpaired) electrons. The summed E-state index contributed by atoms with van der Waals surface area (Å²) < 4.78 is 0. The SMILES string of the molecule is CC(C)c1nc(NN)cc(N2CCc3sccc3C2C)n1. The van der Waals surface area contributed by atoms with Gasteiger partial charge in [0.05, 0.1) is 6.04 Å². The minimum atomic E-state index is 0.272. The summed E-state index contributed by atoms with van der Waals surface area (Å²) in [5, 5.41) is 2.18. The molecule has 3 rings (SSSR count). The van der Waals surface area contributed by atoms with Gasteiger partial charge in [-0.05, 0) is 30.4 Å². The molecule has 2 aromatic rings. The molecule has 21 heavy (non-hydrogen) atoms. The molecular formula is C15H21N5S. The third-order valence-electron chi connectivity index (χ3n) is 3.97. The second-order valence-corrected chi connectivity index (χ2v) is 6.69. The van der Waals surface area contributed by atoms with Crippen molar-refractivity contribution in [2.75, 3.05) is 16.9 Å². The van der Waals surface area contributed by atoms with Gasteiger partial charge in [0.1, 0.15) is 17.5 Å². The van der Waals surface area contributed by atoms with E-state index in [0.717, 1.165) is 24.6 Å². The summed E-state index contributed by atoms with van der Waals surface area (Å²) in [7, 11) is 0. The van der Waals surface area contributed by atoms with E-state index in [1.165, 1.54) is 10.4 Å². The van der Waals surface area contributed by atoms with Crippen molar-refractivity contribution in [3.63, 3.8) is 0 Å². The lowest BCUT2D eigenvalue weighted by atomic mass is 10.0. The number of anilines is 2. The van der Waals surface area contributed by atoms with E-state index in [-0.39, 0.29) is 5.92 Å². The molecule has 5 nitrogen and oxygen atoms in total. The first kappa shape index (κ1) is 14.3. The van der Waals surface area contributed by atoms with Gasteiger partial charge in [0.2, 0.25) is 0 Å². The van der Waals surface area contributed by atoms with Gasteiger partial charge in [0, 0.05) is 23.4 Å². The first-order chi connectivity index (χ1) is 10.1. The number of nitrogens with one attached hydrogen (secondary N) is 1. The standard InChI is InChI=1S/C15H21N5S/c1-9(2)15-17-13(19-16)8-14(18-15)20-6-4-12-11(10(20)3)5-7-21-12/h5,7-10H,4,6,16H2,1-3H3,(H,17,18,19). The summed E-state index contributed by atoms with van der Waals surface area (Å²) in [6, 6.07) is 4.49. The van der Waals surface area contributed by atoms with Crippen molar-refractivity contribution >= 4 is 23.0 Å². The molecule has 2 aromatic heterocycles. The Bertz CT molecular complexity index is 637. The summed E-state index contributed by atoms with van der Waals surface area (Å²) in [4.78, 5) is 13.0. The van der Waals surface area contributed by atoms with Crippen LogP contribution in [0, 0.1) is 0 Å². The second kappa shape index (κ2) is 5.61. The van der Waals surface area contributed by atoms with Crippen molar-refractivity contribution in [1.29, 1.82) is 0 Å². The molecule has 1 atom stereocenters. The molecule has 0 saturated carbocycles. The predicted octanol–water partition coefficient (Wildman–Crippen LogP) is 3.07. The van der Waals surface area contributed by atoms with Crippen LogP contribution in [0.2, 0.25) is 0 Å². The molecule has 0 aromatic carbocycles. The fourth-order valence-corrected chi connectivity index (χ4v) is 3.72. The van der Waals surface area contributed by atoms with E-state index in [4.69, 9.17) is 10.8 Å². The van der Waals surface area contributed by atoms with Crippen LogP contribution in [0.3, 0.4) is 0 Å². The average molecular weight is 303 g/mol. The zero-order valence-electron chi connectivity index (χ0n) is 12.6. The molecule has 112 valence electrons. The largest absolute Gasteiger partial charge is 0.349 e. The normalized spacial score (nSPS) is 18.0. The van der Waals surface area contributed by atoms with Crippen molar-refractivity contribution in [3.05, 3.63) is 33.8 Å². The Morgan fingerprint density at radius 3 is 2.95 bits per heavy atom. The molecule has 0 amide bonds. The van der Waals surface area contributed by atoms with E-state index < -0.39 is 0 Å². The topological polar surface area (TPSA) is 67.1 Å². The second-order valence-electron chi connectivity index (χ2n) is 5.69. The van der Waals surface area contributed by atoms with E-state index in [2.05, 4.69) is 47.5 Å². The first-order valence-electron chi connectivity index (χ1n) is 7.28. The maximum absolute atomic E-state index is 5.55. The number of nitrogens with two attached hydrogens (primary N) is 1. The highest BCUT2D eigenvalue weighted by Crippen LogP contribution is 2.36. The Morgan fingerprint density at radius 1 is 1.43 bits per heavy atom. The van der Waals surface area contributed by atoms with Crippen LogP contribution >= 0.6 is 11.3 Å². The van der Waals surface area contributed by atoms with E-state index in [0.29, 0.717) is 11.9 Å². The molecule has 0 spiro atoms. The number of fused-ring (bicyclic) bond motifs is 1. The van der Waals surface area contributed by atoms with Gasteiger partial charge in [-0.2, -0.15) is 0 Å². The minimum Gasteiger partial charge on any atom is -0.349 e. The van der Waals surface area contributed by atoms with Gasteiger partial charge in [-0.3, -0.25) is 0 Å². The zero-order valence-corrected chi connectivity index (χ0v) is 13.4. The highest BCUT2D eigenvalue weighted by atomic mass is 32.1. The minimum absolute atomic E-state index is 0.272. The van der Waals surface area contributed by atoms with E-state index in [1.54, 1.807) is 0 Å². The third kappa shape index (κ3) is 2.61. The summed E-state index contributed by atoms with van der Waals surface area (Å²) in [6.07, 6.45) is 1.07. The highest BCUT2D eigenvalue weighted by molar-refractivity contribution is 7.10. The molecule has 1 aliphatic rings. The van der Waals surface area contributed by atoms with Crippen molar-refractivity contribution in [2.45, 2.75) is 39.2 Å². The number of aromatic nitrogens is 2. The van der Waals surface area contributed by atoms with Crippen molar-refractivity contribution < 1.29 is 0 Å². The number of thiophene rings is 1. The molecule has 0 fully saturated rings. The molecule has 3 N–H and O–H groups in total. The number of nitrogens with zero attached hydrogens (tertiary/aromatic N) is 3. The summed E-state index contributed by atoms with van der Waals surface area (Å²) in [5.74, 6) is 8.27. The lowest BCUT2D eigenvalue weighted by molar-refractivity contribution is 0.619. The van der Waals surface area contributed by atoms with Crippen LogP contribution in [-0.4, -0.2) is 16.5 Å². The Hall–Kier alpha value is -1.66. The first-order valence-corrected chi connectivity index (χ1v) is 8.16. The molecule has 0 saturated heterocycles. The number of hydrogen-bond acceptors (Lipinski definition) is 6. The van der Waals surface area contributed by atoms with Crippen LogP contribution in [-0.2, 0) is 6.42 Å². The Morgan fingerprint density at radius 2 is 2.24 bits per heavy atom. The van der Waals surface area contributed by atoms with Crippen LogP contribution < -0.4 is 16.2 Å². The third-order valence-corrected chi connectivity index (χ3v) is 4.96. The van der Waals surface area contributed by atoms with Crippen LogP contribution in [0.15, 0.2) is 17.5 Å². The van der Waals surface area contributed by atoms with Crippen molar-refractivity contribution in [3.8, 4) is 0 Å². The smallest absolute Gasteiger partial charge is 0.145 e. The monoisotopic (exact) mass is 303 g/mol. The van der Waals surface area contributed by atoms with Gasteiger partial charge in [-0.15, -0.1) is 11.3 Å². The van der Waals surface area contributed by atoms with Crippen molar-refractivity contribution in [2.24, 2.45) is 5.84 Å². The molecular weight excluding hydrogens is 282 g/mol. The molecule has 6 heteroatoms. The summed E-state index contributed by atoms with van der Waals surface area (Å²) in [6.45, 7) is 7.40. The maximum Gasteiger partial charge on any atom is 0.145 e. The van der Waals surface area contributed by atoms with Gasteiger partial charge in [0.25, 0.3) is 0 Å². The van der Waals surface area contributed by atoms with Gasteiger partial charge in [-0.1, -0.05) is 13.8 Å². The fraction of sp³-hybridized carbons (Fsp3) is 0.467. The Balaban J connectivity index is 1.99. The van der Waals surface area contributed by atoms with Gasteiger partial charge in [-0.25, -0.2) is 15.8 Å². The zero-order chi connectivity index (χ0) is 15.0. The summed E-state index contributed by atoms with van der Waals surface area (Å²) >= 11 is 1.85. The van der Waals surface area contributed by atoms with E-state index >= 15 is 0 Å². The van der Waals surface area contributed by atoms with E-state index in [9.17, 15) is 0 Å². The van der Waals surface area contributed by atoms with Crippen molar-refractivity contribution in [1.82, 2.24) is 9.97 Å². The highest BCUT2D eigenvalue weighted by Gasteiger charge is 2.26. The number of nitrogen functional groups attached to an aromatic ring is 1. The maximum atomic E-state index is 5.55. The molecule has 3 heterocycles. The van der Waals surface area contributed by atoms with Crippen LogP contribution in [0.25, 0.3) is 0 Å². The Labute approximate surface area is 129 Å². The van der Waals surface area contributed by atoms with Gasteiger partial charge in [0.15, 0.2) is 0 Å². The molecule has 1 aliphatic heterocycles. The van der Waals surface area contributed by atoms with Gasteiger partial charge < -0.3 is 10.3 Å². The van der Waals surface area contributed by atoms with Gasteiger partial charge >= 0.3 is 0 Å². The number of hydrazine groups is 1. The summed E-state index contributed by atoms with van der Waals surface area (Å²) in [5.41, 5.74) is 4.07. The van der Waals surface area contributed by atoms with E-state index in [1.807, 2.05) is 17.4 Å². The fourth-order valence-electron chi connectivity index (χ4n) is 2.75. The predicted molar refractivity (Wildman–Crippen MR) is 87.7 cm³/mol. The molecule has 0 bridgehead atoms. The van der Waals surface area contributed by atoms with Crippen LogP contribution in [0.1, 0.15) is 49.0 Å². The lowest BCUT2D eigenvalue weighted by Gasteiger charge is -2.35. The Kier molecular flexibility index (Phi) is 3.82. The lowest BCUT2D eigenvalue weighted by Crippen LogP contribution is -2.34. The number of hydrogen-bond donors (Lipinski definition) is 2. The quantitative estimate of drug-likeness (QED) is 0.674. The van der Waals surface area contributed by atoms with Crippen LogP contribution in [0.5, 0.6) is 0 Å². The van der Waals surface area contributed by atoms with Crippen LogP contribution in [0.4, 0.5) is 11.6 Å². The average Bonchev–Trinajstić information content (AvgIpc) is 2.96. The molecule has 1 unspecified atom stereocenters. The number of rotatable bonds is 3.